The first-order chi connectivity index (χ1) is 19.4. The van der Waals surface area contributed by atoms with Crippen LogP contribution in [-0.2, 0) is 32.0 Å². The van der Waals surface area contributed by atoms with Gasteiger partial charge in [0.2, 0.25) is 18.2 Å². The highest BCUT2D eigenvalue weighted by molar-refractivity contribution is 7.61. The minimum absolute atomic E-state index is 0.0739. The Bertz CT molecular complexity index is 1560. The van der Waals surface area contributed by atoms with Crippen molar-refractivity contribution < 1.29 is 66.7 Å². The second-order valence-electron chi connectivity index (χ2n) is 9.58. The number of imidazole rings is 1. The molecule has 7 rings (SSSR count). The summed E-state index contributed by atoms with van der Waals surface area (Å²) in [5.74, 6) is 0.139. The minimum Gasteiger partial charge on any atom is -0.387 e. The van der Waals surface area contributed by atoms with E-state index in [1.165, 1.54) is 15.5 Å². The van der Waals surface area contributed by atoms with Crippen molar-refractivity contribution in [3.63, 3.8) is 0 Å². The summed E-state index contributed by atoms with van der Waals surface area (Å²) in [6.45, 7) is -1.71. The number of phosphoric acid groups is 2. The molecule has 10 atom stereocenters. The number of phosphoric ester groups is 2. The van der Waals surface area contributed by atoms with Crippen molar-refractivity contribution in [2.75, 3.05) is 18.9 Å². The molecule has 2 fully saturated rings. The van der Waals surface area contributed by atoms with Gasteiger partial charge in [-0.15, -0.1) is 0 Å². The van der Waals surface area contributed by atoms with Gasteiger partial charge >= 0.3 is 15.6 Å². The molecule has 222 valence electrons. The summed E-state index contributed by atoms with van der Waals surface area (Å²) in [6, 6.07) is 8.67. The number of hydrogen-bond donors (Lipinski definition) is 7. The lowest BCUT2D eigenvalue weighted by molar-refractivity contribution is -0.755. The van der Waals surface area contributed by atoms with E-state index in [-0.39, 0.29) is 22.8 Å². The molecule has 0 radical (unpaired) electrons. The van der Waals surface area contributed by atoms with E-state index in [0.29, 0.717) is 5.56 Å². The number of nitrogen functional groups attached to an aromatic ring is 1. The number of ether oxygens (including phenoxy) is 2. The second-order valence-corrected chi connectivity index (χ2v) is 12.6. The van der Waals surface area contributed by atoms with Gasteiger partial charge in [0.25, 0.3) is 5.82 Å². The van der Waals surface area contributed by atoms with Crippen LogP contribution in [0.2, 0.25) is 0 Å². The fourth-order valence-electron chi connectivity index (χ4n) is 4.95. The molecule has 20 heteroatoms. The first kappa shape index (κ1) is 28.7. The highest BCUT2D eigenvalue weighted by atomic mass is 31.3. The molecule has 6 heterocycles. The van der Waals surface area contributed by atoms with Gasteiger partial charge in [-0.25, -0.2) is 18.7 Å². The average Bonchev–Trinajstić information content (AvgIpc) is 3.54. The Morgan fingerprint density at radius 2 is 1.51 bits per heavy atom. The van der Waals surface area contributed by atoms with Crippen LogP contribution in [-0.4, -0.2) is 94.6 Å². The van der Waals surface area contributed by atoms with Gasteiger partial charge in [-0.2, -0.15) is 4.31 Å². The van der Waals surface area contributed by atoms with Crippen LogP contribution in [0.3, 0.4) is 0 Å². The molecule has 0 aliphatic carbocycles. The number of hydrogen-bond acceptors (Lipinski definition) is 14. The molecule has 41 heavy (non-hydrogen) atoms. The van der Waals surface area contributed by atoms with Crippen LogP contribution < -0.4 is 10.3 Å². The van der Waals surface area contributed by atoms with Gasteiger partial charge in [0, 0.05) is 5.56 Å². The number of benzene rings is 1. The zero-order valence-corrected chi connectivity index (χ0v) is 22.6. The van der Waals surface area contributed by atoms with Crippen LogP contribution >= 0.6 is 15.6 Å². The third kappa shape index (κ3) is 5.10. The maximum Gasteiger partial charge on any atom is 0.481 e. The normalized spacial score (nSPS) is 39.8. The van der Waals surface area contributed by atoms with Crippen LogP contribution in [0, 0.1) is 0 Å². The molecule has 8 N–H and O–H groups in total. The Morgan fingerprint density at radius 3 is 2.17 bits per heavy atom. The van der Waals surface area contributed by atoms with E-state index in [1.54, 1.807) is 30.3 Å². The summed E-state index contributed by atoms with van der Waals surface area (Å²) in [5.41, 5.74) is 7.16. The molecular formula is C21H26N5O13P2+. The van der Waals surface area contributed by atoms with E-state index in [2.05, 4.69) is 14.3 Å². The maximum atomic E-state index is 12.4. The molecule has 18 nitrogen and oxygen atoms in total. The molecule has 0 saturated carbocycles. The van der Waals surface area contributed by atoms with Crippen molar-refractivity contribution in [3.05, 3.63) is 36.7 Å². The van der Waals surface area contributed by atoms with Crippen molar-refractivity contribution in [1.29, 1.82) is 0 Å². The zero-order valence-electron chi connectivity index (χ0n) is 20.8. The monoisotopic (exact) mass is 618 g/mol. The number of rotatable bonds is 1. The van der Waals surface area contributed by atoms with E-state index in [4.69, 9.17) is 24.3 Å². The zero-order chi connectivity index (χ0) is 29.3. The molecule has 2 aromatic heterocycles. The molecule has 4 aliphatic rings. The summed E-state index contributed by atoms with van der Waals surface area (Å²) in [6.07, 6.45) is -11.0. The summed E-state index contributed by atoms with van der Waals surface area (Å²) < 4.78 is 52.5. The van der Waals surface area contributed by atoms with E-state index < -0.39 is 77.9 Å². The van der Waals surface area contributed by atoms with Gasteiger partial charge in [0.1, 0.15) is 42.4 Å². The molecule has 3 aromatic rings. The SMILES string of the molecule is Nc1c2nc(-c3ccccc3)n3c2nc[n+]1[C@@H]1O[C@H](COP(=O)(O)OP(=O)(O)OC[C@H]2O[C@@H]3[C@H](O)[C@@H]2O)[C@@H](O)[C@H]1O. The Morgan fingerprint density at radius 1 is 0.902 bits per heavy atom. The van der Waals surface area contributed by atoms with Crippen LogP contribution in [0.15, 0.2) is 36.7 Å². The smallest absolute Gasteiger partial charge is 0.387 e. The maximum absolute atomic E-state index is 12.4. The largest absolute Gasteiger partial charge is 0.481 e. The van der Waals surface area contributed by atoms with E-state index in [1.807, 2.05) is 0 Å². The standard InChI is InChI=1S/C21H25N5O13P2/c22-17-12-19-23-8-25(17)20-15(29)13(27)10(37-20)6-35-40(31,32)39-41(33,34)36-7-11-14(28)16(30)21(38-11)26(19)18(24-12)9-4-2-1-3-5-9/h1-5,8,10-11,13-16,20-22,27-30H,6-7H2,(H2,31,32,33,34)/p+1/t10-,11-,13-,14-,15-,16-,20-,21-/m1/s1. The predicted molar refractivity (Wildman–Crippen MR) is 132 cm³/mol. The van der Waals surface area contributed by atoms with Gasteiger partial charge in [-0.05, 0) is 0 Å². The fourth-order valence-corrected chi connectivity index (χ4v) is 7.04. The number of anilines is 1. The highest BCUT2D eigenvalue weighted by Crippen LogP contribution is 2.60. The van der Waals surface area contributed by atoms with Gasteiger partial charge in [0.15, 0.2) is 11.7 Å². The molecule has 8 bridgehead atoms. The third-order valence-electron chi connectivity index (χ3n) is 6.96. The Labute approximate surface area is 230 Å². The van der Waals surface area contributed by atoms with Crippen LogP contribution in [0.5, 0.6) is 0 Å². The van der Waals surface area contributed by atoms with Crippen molar-refractivity contribution in [1.82, 2.24) is 14.5 Å². The number of aliphatic hydroxyl groups excluding tert-OH is 4. The van der Waals surface area contributed by atoms with E-state index in [9.17, 15) is 39.3 Å². The molecule has 4 aliphatic heterocycles. The molecular weight excluding hydrogens is 592 g/mol. The van der Waals surface area contributed by atoms with Crippen molar-refractivity contribution in [3.8, 4) is 11.4 Å². The number of nitrogens with two attached hydrogens (primary N) is 1. The Hall–Kier alpha value is -2.41. The summed E-state index contributed by atoms with van der Waals surface area (Å²) in [4.78, 5) is 29.0. The fraction of sp³-hybridized carbons (Fsp3) is 0.476. The van der Waals surface area contributed by atoms with Crippen LogP contribution in [0.4, 0.5) is 5.82 Å². The summed E-state index contributed by atoms with van der Waals surface area (Å²) in [5, 5.41) is 42.9. The lowest BCUT2D eigenvalue weighted by Gasteiger charge is -2.21. The second kappa shape index (κ2) is 10.4. The predicted octanol–water partition coefficient (Wildman–Crippen LogP) is -1.53. The van der Waals surface area contributed by atoms with Crippen LogP contribution in [0.25, 0.3) is 22.6 Å². The molecule has 2 unspecified atom stereocenters. The number of fused-ring (bicyclic) bond motifs is 7. The number of aromatic nitrogens is 4. The first-order valence-electron chi connectivity index (χ1n) is 12.2. The lowest BCUT2D eigenvalue weighted by Crippen LogP contribution is -2.48. The quantitative estimate of drug-likeness (QED) is 0.120. The van der Waals surface area contributed by atoms with Gasteiger partial charge in [-0.1, -0.05) is 35.3 Å². The van der Waals surface area contributed by atoms with Gasteiger partial charge in [-0.3, -0.25) is 13.6 Å². The first-order valence-corrected chi connectivity index (χ1v) is 15.2. The topological polar surface area (TPSA) is 262 Å². The molecule has 0 spiro atoms. The minimum atomic E-state index is -5.30. The molecule has 1 aromatic carbocycles. The van der Waals surface area contributed by atoms with Gasteiger partial charge in [0.05, 0.1) is 13.2 Å². The Kier molecular flexibility index (Phi) is 7.27. The Balaban J connectivity index is 1.51. The summed E-state index contributed by atoms with van der Waals surface area (Å²) >= 11 is 0. The highest BCUT2D eigenvalue weighted by Gasteiger charge is 2.50. The number of nitrogens with zero attached hydrogens (tertiary/aromatic N) is 4. The van der Waals surface area contributed by atoms with Crippen molar-refractivity contribution in [2.45, 2.75) is 49.1 Å². The van der Waals surface area contributed by atoms with Crippen LogP contribution in [0.1, 0.15) is 12.5 Å². The summed E-state index contributed by atoms with van der Waals surface area (Å²) in [7, 11) is -10.6. The molecule has 2 saturated heterocycles. The third-order valence-corrected chi connectivity index (χ3v) is 9.56. The lowest BCUT2D eigenvalue weighted by atomic mass is 10.1. The molecule has 0 amide bonds. The van der Waals surface area contributed by atoms with E-state index in [0.717, 1.165) is 0 Å². The van der Waals surface area contributed by atoms with Crippen molar-refractivity contribution in [2.24, 2.45) is 0 Å². The van der Waals surface area contributed by atoms with Crippen molar-refractivity contribution >= 4 is 32.6 Å². The van der Waals surface area contributed by atoms with Gasteiger partial charge < -0.3 is 45.4 Å². The average molecular weight is 618 g/mol. The van der Waals surface area contributed by atoms with E-state index >= 15 is 0 Å². The number of aliphatic hydroxyl groups is 4.